The number of hydrogen-bond donors (Lipinski definition) is 3. The minimum Gasteiger partial charge on any atom is -0.477 e. The van der Waals surface area contributed by atoms with Crippen LogP contribution >= 0.6 is 51.4 Å². The molecular formula is C13H13BrClN5O5S2. The molecule has 2 amide bonds. The minimum atomic E-state index is -1.18. The fraction of sp³-hybridized carbons (Fsp3) is 0.308. The Kier molecular flexibility index (Phi) is 6.72. The third kappa shape index (κ3) is 3.90. The number of aromatic nitrogens is 1. The van der Waals surface area contributed by atoms with Crippen molar-refractivity contribution in [3.05, 3.63) is 21.3 Å². The van der Waals surface area contributed by atoms with Crippen LogP contribution in [0.1, 0.15) is 5.69 Å². The molecule has 2 atom stereocenters. The minimum absolute atomic E-state index is 0. The lowest BCUT2D eigenvalue weighted by molar-refractivity contribution is -0.150. The van der Waals surface area contributed by atoms with E-state index in [4.69, 9.17) is 15.7 Å². The van der Waals surface area contributed by atoms with Gasteiger partial charge in [0.1, 0.15) is 33.7 Å². The quantitative estimate of drug-likeness (QED) is 0.304. The summed E-state index contributed by atoms with van der Waals surface area (Å²) in [7, 11) is 1.27. The molecular weight excluding hydrogens is 486 g/mol. The van der Waals surface area contributed by atoms with Crippen LogP contribution in [0, 0.1) is 0 Å². The van der Waals surface area contributed by atoms with E-state index < -0.39 is 29.2 Å². The molecule has 146 valence electrons. The molecule has 2 aliphatic rings. The smallest absolute Gasteiger partial charge is 0.352 e. The summed E-state index contributed by atoms with van der Waals surface area (Å²) in [6.45, 7) is 0. The lowest BCUT2D eigenvalue weighted by Crippen LogP contribution is -2.70. The SMILES string of the molecule is CON=C(C(=O)NC1C(=O)N2C(C(=O)O)=CCS[C@H]12)c1nc(N)sc1Br.Cl. The predicted octanol–water partition coefficient (Wildman–Crippen LogP) is 0.629. The van der Waals surface area contributed by atoms with Crippen molar-refractivity contribution in [2.45, 2.75) is 11.4 Å². The van der Waals surface area contributed by atoms with Crippen LogP contribution in [0.3, 0.4) is 0 Å². The molecule has 0 saturated carbocycles. The van der Waals surface area contributed by atoms with Crippen molar-refractivity contribution in [1.29, 1.82) is 0 Å². The van der Waals surface area contributed by atoms with Crippen molar-refractivity contribution >= 4 is 80.1 Å². The van der Waals surface area contributed by atoms with E-state index >= 15 is 0 Å². The van der Waals surface area contributed by atoms with Gasteiger partial charge in [-0.3, -0.25) is 14.5 Å². The third-order valence-corrected chi connectivity index (χ3v) is 6.29. The Balaban J connectivity index is 0.00000261. The van der Waals surface area contributed by atoms with Crippen molar-refractivity contribution in [1.82, 2.24) is 15.2 Å². The van der Waals surface area contributed by atoms with Crippen molar-refractivity contribution in [2.24, 2.45) is 5.16 Å². The second kappa shape index (κ2) is 8.46. The van der Waals surface area contributed by atoms with Gasteiger partial charge in [0.2, 0.25) is 0 Å². The number of oxime groups is 1. The van der Waals surface area contributed by atoms with Crippen molar-refractivity contribution in [2.75, 3.05) is 18.6 Å². The number of fused-ring (bicyclic) bond motifs is 1. The monoisotopic (exact) mass is 497 g/mol. The molecule has 0 aliphatic carbocycles. The molecule has 0 spiro atoms. The van der Waals surface area contributed by atoms with Crippen molar-refractivity contribution in [3.63, 3.8) is 0 Å². The molecule has 14 heteroatoms. The molecule has 1 aromatic rings. The van der Waals surface area contributed by atoms with E-state index in [9.17, 15) is 14.4 Å². The van der Waals surface area contributed by atoms with Crippen LogP contribution in [-0.4, -0.2) is 62.8 Å². The number of amides is 2. The standard InChI is InChI=1S/C13H12BrN5O5S2.ClH/c1-24-18-6(5-8(14)26-13(15)17-5)9(20)16-7-10(21)19-4(12(22)23)2-3-25-11(7)19;/h2,7,11H,3H2,1H3,(H2,15,17)(H,16,20)(H,22,23);1H/t7?,11-;/m1./s1. The van der Waals surface area contributed by atoms with E-state index in [-0.39, 0.29) is 34.6 Å². The number of thioether (sulfide) groups is 1. The van der Waals surface area contributed by atoms with Crippen LogP contribution in [0.4, 0.5) is 5.13 Å². The second-order valence-electron chi connectivity index (χ2n) is 5.07. The van der Waals surface area contributed by atoms with Gasteiger partial charge in [-0.1, -0.05) is 16.5 Å². The number of carbonyl (C=O) groups is 3. The zero-order chi connectivity index (χ0) is 19.0. The maximum atomic E-state index is 12.6. The van der Waals surface area contributed by atoms with Gasteiger partial charge in [0.15, 0.2) is 10.8 Å². The molecule has 0 radical (unpaired) electrons. The Labute approximate surface area is 175 Å². The number of rotatable bonds is 5. The number of carboxylic acids is 1. The van der Waals surface area contributed by atoms with Gasteiger partial charge in [0, 0.05) is 5.75 Å². The van der Waals surface area contributed by atoms with Crippen LogP contribution in [0.15, 0.2) is 20.7 Å². The highest BCUT2D eigenvalue weighted by molar-refractivity contribution is 9.11. The molecule has 1 unspecified atom stereocenters. The first kappa shape index (κ1) is 21.5. The summed E-state index contributed by atoms with van der Waals surface area (Å²) in [5.41, 5.74) is 5.60. The maximum absolute atomic E-state index is 12.6. The number of nitrogen functional groups attached to an aromatic ring is 1. The number of hydrogen-bond acceptors (Lipinski definition) is 9. The van der Waals surface area contributed by atoms with Gasteiger partial charge in [-0.2, -0.15) is 0 Å². The summed E-state index contributed by atoms with van der Waals surface area (Å²) < 4.78 is 0.491. The summed E-state index contributed by atoms with van der Waals surface area (Å²) in [6.07, 6.45) is 1.46. The van der Waals surface area contributed by atoms with Crippen LogP contribution in [0.25, 0.3) is 0 Å². The normalized spacial score (nSPS) is 21.4. The van der Waals surface area contributed by atoms with E-state index in [1.807, 2.05) is 0 Å². The predicted molar refractivity (Wildman–Crippen MR) is 106 cm³/mol. The fourth-order valence-electron chi connectivity index (χ4n) is 2.49. The number of thiazole rings is 1. The molecule has 1 aromatic heterocycles. The van der Waals surface area contributed by atoms with Gasteiger partial charge in [-0.15, -0.1) is 24.2 Å². The molecule has 10 nitrogen and oxygen atoms in total. The zero-order valence-corrected chi connectivity index (χ0v) is 17.6. The number of nitrogens with zero attached hydrogens (tertiary/aromatic N) is 3. The number of nitrogens with one attached hydrogen (secondary N) is 1. The van der Waals surface area contributed by atoms with Crippen molar-refractivity contribution < 1.29 is 24.3 Å². The number of halogens is 2. The number of carboxylic acid groups (broad SMARTS) is 1. The Morgan fingerprint density at radius 1 is 1.56 bits per heavy atom. The van der Waals surface area contributed by atoms with Crippen LogP contribution < -0.4 is 11.1 Å². The Hall–Kier alpha value is -1.83. The maximum Gasteiger partial charge on any atom is 0.352 e. The van der Waals surface area contributed by atoms with Crippen LogP contribution in [0.5, 0.6) is 0 Å². The van der Waals surface area contributed by atoms with Gasteiger partial charge in [0.05, 0.1) is 0 Å². The molecule has 4 N–H and O–H groups in total. The molecule has 0 aromatic carbocycles. The number of anilines is 1. The average molecular weight is 499 g/mol. The molecule has 3 heterocycles. The molecule has 1 saturated heterocycles. The van der Waals surface area contributed by atoms with Gasteiger partial charge in [-0.25, -0.2) is 9.78 Å². The van der Waals surface area contributed by atoms with Gasteiger partial charge in [0.25, 0.3) is 11.8 Å². The van der Waals surface area contributed by atoms with E-state index in [1.165, 1.54) is 24.9 Å². The fourth-order valence-corrected chi connectivity index (χ4v) is 5.02. The first-order chi connectivity index (χ1) is 12.3. The lowest BCUT2D eigenvalue weighted by Gasteiger charge is -2.48. The zero-order valence-electron chi connectivity index (χ0n) is 13.5. The average Bonchev–Trinajstić information content (AvgIpc) is 2.94. The molecule has 3 rings (SSSR count). The summed E-state index contributed by atoms with van der Waals surface area (Å²) in [5.74, 6) is -1.94. The van der Waals surface area contributed by atoms with Gasteiger partial charge >= 0.3 is 5.97 Å². The largest absolute Gasteiger partial charge is 0.477 e. The van der Waals surface area contributed by atoms with Crippen LogP contribution in [-0.2, 0) is 19.2 Å². The summed E-state index contributed by atoms with van der Waals surface area (Å²) >= 11 is 5.72. The number of β-lactam (4-membered cyclic amide) rings is 1. The molecule has 0 bridgehead atoms. The van der Waals surface area contributed by atoms with E-state index in [1.54, 1.807) is 0 Å². The summed E-state index contributed by atoms with van der Waals surface area (Å²) in [5, 5.41) is 15.2. The highest BCUT2D eigenvalue weighted by atomic mass is 79.9. The Morgan fingerprint density at radius 3 is 2.81 bits per heavy atom. The number of carbonyl (C=O) groups excluding carboxylic acids is 2. The topological polar surface area (TPSA) is 147 Å². The second-order valence-corrected chi connectivity index (χ2v) is 8.57. The van der Waals surface area contributed by atoms with Gasteiger partial charge < -0.3 is 21.0 Å². The highest BCUT2D eigenvalue weighted by Crippen LogP contribution is 2.37. The summed E-state index contributed by atoms with van der Waals surface area (Å²) in [6, 6.07) is -0.868. The molecule has 2 aliphatic heterocycles. The van der Waals surface area contributed by atoms with E-state index in [0.717, 1.165) is 16.2 Å². The molecule has 27 heavy (non-hydrogen) atoms. The van der Waals surface area contributed by atoms with Crippen molar-refractivity contribution in [3.8, 4) is 0 Å². The first-order valence-electron chi connectivity index (χ1n) is 7.07. The Bertz CT molecular complexity index is 860. The van der Waals surface area contributed by atoms with Crippen LogP contribution in [0.2, 0.25) is 0 Å². The third-order valence-electron chi connectivity index (χ3n) is 3.58. The van der Waals surface area contributed by atoms with E-state index in [2.05, 4.69) is 31.4 Å². The number of aliphatic carboxylic acids is 1. The Morgan fingerprint density at radius 2 is 2.26 bits per heavy atom. The first-order valence-corrected chi connectivity index (χ1v) is 9.73. The highest BCUT2D eigenvalue weighted by Gasteiger charge is 2.53. The molecule has 1 fully saturated rings. The lowest BCUT2D eigenvalue weighted by atomic mass is 10.0. The van der Waals surface area contributed by atoms with Gasteiger partial charge in [-0.05, 0) is 22.0 Å². The summed E-state index contributed by atoms with van der Waals surface area (Å²) in [4.78, 5) is 46.0. The number of nitrogens with two attached hydrogens (primary N) is 1. The van der Waals surface area contributed by atoms with E-state index in [0.29, 0.717) is 9.54 Å².